The molecule has 0 radical (unpaired) electrons. The van der Waals surface area contributed by atoms with Crippen LogP contribution in [0.5, 0.6) is 11.5 Å². The predicted molar refractivity (Wildman–Crippen MR) is 95.2 cm³/mol. The van der Waals surface area contributed by atoms with Gasteiger partial charge in [-0.05, 0) is 37.0 Å². The fraction of sp³-hybridized carbons (Fsp3) is 0.550. The Labute approximate surface area is 153 Å². The van der Waals surface area contributed by atoms with Gasteiger partial charge in [0.2, 0.25) is 6.29 Å². The lowest BCUT2D eigenvalue weighted by Gasteiger charge is -2.52. The maximum absolute atomic E-state index is 12.5. The summed E-state index contributed by atoms with van der Waals surface area (Å²) in [6, 6.07) is 3.86. The summed E-state index contributed by atoms with van der Waals surface area (Å²) in [6.07, 6.45) is 3.22. The number of hydrogen-bond acceptors (Lipinski definition) is 6. The number of rotatable bonds is 4. The molecule has 1 aromatic rings. The van der Waals surface area contributed by atoms with Crippen LogP contribution in [0.4, 0.5) is 0 Å². The van der Waals surface area contributed by atoms with E-state index in [1.807, 2.05) is 19.1 Å². The van der Waals surface area contributed by atoms with Crippen molar-refractivity contribution < 1.29 is 23.7 Å². The third-order valence-electron chi connectivity index (χ3n) is 5.92. The first-order valence-corrected chi connectivity index (χ1v) is 9.08. The molecule has 0 saturated heterocycles. The SMILES string of the molecule is CCO[C@H]1C[C@]23C=C(OC)C(=O)C[C@H]2[C@H](N)Cc2ccc(OC)c(c23)O1. The standard InChI is InChI=1S/C20H25NO5/c1-4-25-17-10-20-9-16(24-3)14(22)8-12(20)13(21)7-11-5-6-15(23-2)19(26-17)18(11)20/h5-6,9,12-13,17H,4,7-8,10,21H2,1-3H3/t12-,13+,17+,20+/m0/s1. The van der Waals surface area contributed by atoms with Gasteiger partial charge in [0, 0.05) is 36.5 Å². The minimum Gasteiger partial charge on any atom is -0.493 e. The van der Waals surface area contributed by atoms with Gasteiger partial charge in [-0.15, -0.1) is 0 Å². The fourth-order valence-electron chi connectivity index (χ4n) is 4.87. The first-order valence-electron chi connectivity index (χ1n) is 9.08. The van der Waals surface area contributed by atoms with E-state index in [-0.39, 0.29) is 17.7 Å². The number of Topliss-reactive ketones (excluding diaryl/α,β-unsaturated/α-hetero) is 1. The highest BCUT2D eigenvalue weighted by molar-refractivity contribution is 5.95. The van der Waals surface area contributed by atoms with Gasteiger partial charge in [0.25, 0.3) is 0 Å². The van der Waals surface area contributed by atoms with Crippen molar-refractivity contribution in [3.05, 3.63) is 35.1 Å². The second kappa shape index (κ2) is 6.28. The Morgan fingerprint density at radius 1 is 1.27 bits per heavy atom. The van der Waals surface area contributed by atoms with Gasteiger partial charge in [-0.1, -0.05) is 6.07 Å². The van der Waals surface area contributed by atoms with E-state index in [1.165, 1.54) is 7.11 Å². The van der Waals surface area contributed by atoms with E-state index in [1.54, 1.807) is 7.11 Å². The quantitative estimate of drug-likeness (QED) is 0.887. The van der Waals surface area contributed by atoms with E-state index >= 15 is 0 Å². The number of carbonyl (C=O) groups excluding carboxylic acids is 1. The van der Waals surface area contributed by atoms with E-state index < -0.39 is 11.7 Å². The lowest BCUT2D eigenvalue weighted by atomic mass is 9.55. The Kier molecular flexibility index (Phi) is 4.20. The van der Waals surface area contributed by atoms with E-state index in [4.69, 9.17) is 24.7 Å². The number of carbonyl (C=O) groups is 1. The molecule has 140 valence electrons. The molecule has 1 aromatic carbocycles. The zero-order chi connectivity index (χ0) is 18.5. The molecule has 26 heavy (non-hydrogen) atoms. The summed E-state index contributed by atoms with van der Waals surface area (Å²) in [7, 11) is 3.17. The molecular formula is C20H25NO5. The average molecular weight is 359 g/mol. The molecule has 0 unspecified atom stereocenters. The Balaban J connectivity index is 1.99. The summed E-state index contributed by atoms with van der Waals surface area (Å²) in [5.74, 6) is 1.76. The number of hydrogen-bond donors (Lipinski definition) is 1. The van der Waals surface area contributed by atoms with Crippen LogP contribution in [0.1, 0.15) is 30.9 Å². The number of methoxy groups -OCH3 is 2. The van der Waals surface area contributed by atoms with Gasteiger partial charge in [0.05, 0.1) is 14.2 Å². The van der Waals surface area contributed by atoms with Gasteiger partial charge < -0.3 is 24.7 Å². The largest absolute Gasteiger partial charge is 0.493 e. The number of nitrogens with two attached hydrogens (primary N) is 1. The monoisotopic (exact) mass is 359 g/mol. The van der Waals surface area contributed by atoms with Crippen molar-refractivity contribution >= 4 is 5.78 Å². The topological polar surface area (TPSA) is 80.0 Å². The van der Waals surface area contributed by atoms with Gasteiger partial charge in [0.15, 0.2) is 23.0 Å². The predicted octanol–water partition coefficient (Wildman–Crippen LogP) is 2.08. The van der Waals surface area contributed by atoms with Crippen molar-refractivity contribution in [2.75, 3.05) is 20.8 Å². The molecule has 1 spiro atoms. The number of benzene rings is 1. The van der Waals surface area contributed by atoms with Gasteiger partial charge in [0.1, 0.15) is 0 Å². The van der Waals surface area contributed by atoms with Crippen molar-refractivity contribution in [2.45, 2.75) is 43.9 Å². The van der Waals surface area contributed by atoms with Crippen LogP contribution in [-0.2, 0) is 26.1 Å². The van der Waals surface area contributed by atoms with Crippen molar-refractivity contribution in [3.63, 3.8) is 0 Å². The molecule has 0 bridgehead atoms. The highest BCUT2D eigenvalue weighted by atomic mass is 16.7. The summed E-state index contributed by atoms with van der Waals surface area (Å²) in [5, 5.41) is 0. The second-order valence-corrected chi connectivity index (χ2v) is 7.19. The molecule has 6 heteroatoms. The van der Waals surface area contributed by atoms with Gasteiger partial charge >= 0.3 is 0 Å². The molecule has 6 nitrogen and oxygen atoms in total. The Bertz CT molecular complexity index is 774. The minimum absolute atomic E-state index is 0.00548. The number of allylic oxidation sites excluding steroid dienone is 2. The molecule has 0 fully saturated rings. The molecule has 1 aliphatic heterocycles. The van der Waals surface area contributed by atoms with Gasteiger partial charge in [-0.2, -0.15) is 0 Å². The first-order chi connectivity index (χ1) is 12.5. The first kappa shape index (κ1) is 17.4. The maximum Gasteiger partial charge on any atom is 0.201 e. The zero-order valence-electron chi connectivity index (χ0n) is 15.4. The van der Waals surface area contributed by atoms with Crippen LogP contribution < -0.4 is 15.2 Å². The third kappa shape index (κ3) is 2.36. The van der Waals surface area contributed by atoms with Crippen LogP contribution >= 0.6 is 0 Å². The molecule has 4 atom stereocenters. The second-order valence-electron chi connectivity index (χ2n) is 7.19. The fourth-order valence-corrected chi connectivity index (χ4v) is 4.87. The summed E-state index contributed by atoms with van der Waals surface area (Å²) < 4.78 is 23.0. The smallest absolute Gasteiger partial charge is 0.201 e. The van der Waals surface area contributed by atoms with Crippen LogP contribution in [0.2, 0.25) is 0 Å². The van der Waals surface area contributed by atoms with Crippen molar-refractivity contribution in [3.8, 4) is 11.5 Å². The molecular weight excluding hydrogens is 334 g/mol. The van der Waals surface area contributed by atoms with E-state index in [0.29, 0.717) is 43.1 Å². The van der Waals surface area contributed by atoms with Crippen LogP contribution in [0, 0.1) is 5.92 Å². The minimum atomic E-state index is -0.450. The van der Waals surface area contributed by atoms with Crippen LogP contribution in [0.3, 0.4) is 0 Å². The highest BCUT2D eigenvalue weighted by Crippen LogP contribution is 2.57. The molecule has 4 rings (SSSR count). The molecule has 2 N–H and O–H groups in total. The Morgan fingerprint density at radius 2 is 2.08 bits per heavy atom. The molecule has 1 heterocycles. The van der Waals surface area contributed by atoms with Crippen molar-refractivity contribution in [2.24, 2.45) is 11.7 Å². The van der Waals surface area contributed by atoms with Gasteiger partial charge in [-0.3, -0.25) is 4.79 Å². The normalized spacial score (nSPS) is 32.1. The molecule has 0 aromatic heterocycles. The van der Waals surface area contributed by atoms with Gasteiger partial charge in [-0.25, -0.2) is 0 Å². The lowest BCUT2D eigenvalue weighted by molar-refractivity contribution is -0.126. The average Bonchev–Trinajstić information content (AvgIpc) is 2.63. The number of ether oxygens (including phenoxy) is 4. The zero-order valence-corrected chi connectivity index (χ0v) is 15.4. The Morgan fingerprint density at radius 3 is 2.77 bits per heavy atom. The van der Waals surface area contributed by atoms with Crippen LogP contribution in [-0.4, -0.2) is 38.9 Å². The van der Waals surface area contributed by atoms with Crippen molar-refractivity contribution in [1.82, 2.24) is 0 Å². The summed E-state index contributed by atoms with van der Waals surface area (Å²) >= 11 is 0. The van der Waals surface area contributed by atoms with Crippen molar-refractivity contribution in [1.29, 1.82) is 0 Å². The van der Waals surface area contributed by atoms with E-state index in [9.17, 15) is 4.79 Å². The third-order valence-corrected chi connectivity index (χ3v) is 5.92. The molecule has 0 saturated carbocycles. The van der Waals surface area contributed by atoms with Crippen LogP contribution in [0.25, 0.3) is 0 Å². The molecule has 3 aliphatic rings. The molecule has 2 aliphatic carbocycles. The molecule has 0 amide bonds. The Hall–Kier alpha value is -2.05. The van der Waals surface area contributed by atoms with E-state index in [2.05, 4.69) is 6.07 Å². The number of ketones is 1. The lowest BCUT2D eigenvalue weighted by Crippen LogP contribution is -2.56. The van der Waals surface area contributed by atoms with E-state index in [0.717, 1.165) is 11.1 Å². The summed E-state index contributed by atoms with van der Waals surface area (Å²) in [6.45, 7) is 2.48. The summed E-state index contributed by atoms with van der Waals surface area (Å²) in [4.78, 5) is 12.5. The summed E-state index contributed by atoms with van der Waals surface area (Å²) in [5.41, 5.74) is 8.30. The van der Waals surface area contributed by atoms with Crippen LogP contribution in [0.15, 0.2) is 24.0 Å². The maximum atomic E-state index is 12.5. The highest BCUT2D eigenvalue weighted by Gasteiger charge is 2.55.